The first kappa shape index (κ1) is 11.5. The van der Waals surface area contributed by atoms with Crippen LogP contribution >= 0.6 is 23.5 Å². The van der Waals surface area contributed by atoms with Gasteiger partial charge in [-0.1, -0.05) is 6.92 Å². The van der Waals surface area contributed by atoms with Crippen molar-refractivity contribution in [2.75, 3.05) is 11.5 Å². The lowest BCUT2D eigenvalue weighted by atomic mass is 9.73. The Morgan fingerprint density at radius 2 is 2.00 bits per heavy atom. The molecule has 90 valence electrons. The van der Waals surface area contributed by atoms with Crippen LogP contribution < -0.4 is 0 Å². The van der Waals surface area contributed by atoms with Crippen LogP contribution in [0.15, 0.2) is 0 Å². The van der Waals surface area contributed by atoms with Gasteiger partial charge in [-0.3, -0.25) is 4.79 Å². The summed E-state index contributed by atoms with van der Waals surface area (Å²) < 4.78 is 0.432. The van der Waals surface area contributed by atoms with E-state index in [2.05, 4.69) is 30.4 Å². The van der Waals surface area contributed by atoms with Crippen LogP contribution in [0.4, 0.5) is 0 Å². The predicted molar refractivity (Wildman–Crippen MR) is 71.9 cm³/mol. The zero-order valence-electron chi connectivity index (χ0n) is 9.91. The molecule has 1 heterocycles. The van der Waals surface area contributed by atoms with E-state index in [1.54, 1.807) is 0 Å². The summed E-state index contributed by atoms with van der Waals surface area (Å²) in [6.07, 6.45) is 6.01. The number of Topliss-reactive ketones (excluding diaryl/α,β-unsaturated/α-hetero) is 1. The summed E-state index contributed by atoms with van der Waals surface area (Å²) in [7, 11) is 0. The lowest BCUT2D eigenvalue weighted by Crippen LogP contribution is -2.44. The quantitative estimate of drug-likeness (QED) is 0.659. The van der Waals surface area contributed by atoms with Crippen LogP contribution in [0.3, 0.4) is 0 Å². The van der Waals surface area contributed by atoms with E-state index in [0.717, 1.165) is 6.42 Å². The first-order valence-corrected chi connectivity index (χ1v) is 8.51. The minimum atomic E-state index is 0.409. The van der Waals surface area contributed by atoms with Crippen LogP contribution in [0, 0.1) is 17.8 Å². The highest BCUT2D eigenvalue weighted by atomic mass is 32.2. The maximum Gasteiger partial charge on any atom is 0.136 e. The summed E-state index contributed by atoms with van der Waals surface area (Å²) in [5.41, 5.74) is 0. The van der Waals surface area contributed by atoms with Gasteiger partial charge in [0.05, 0.1) is 4.08 Å². The largest absolute Gasteiger partial charge is 0.299 e. The number of fused-ring (bicyclic) bond motifs is 2. The lowest BCUT2D eigenvalue weighted by molar-refractivity contribution is -0.123. The molecule has 0 aromatic carbocycles. The first-order chi connectivity index (χ1) is 7.73. The van der Waals surface area contributed by atoms with Crippen LogP contribution in [-0.2, 0) is 4.79 Å². The Balaban J connectivity index is 1.88. The summed E-state index contributed by atoms with van der Waals surface area (Å²) in [5.74, 6) is 4.96. The summed E-state index contributed by atoms with van der Waals surface area (Å²) in [6.45, 7) is 2.30. The van der Waals surface area contributed by atoms with Gasteiger partial charge in [0, 0.05) is 12.3 Å². The average Bonchev–Trinajstić information content (AvgIpc) is 2.70. The molecule has 16 heavy (non-hydrogen) atoms. The van der Waals surface area contributed by atoms with Crippen molar-refractivity contribution in [3.8, 4) is 0 Å². The average molecular weight is 256 g/mol. The van der Waals surface area contributed by atoms with Crippen molar-refractivity contribution in [1.29, 1.82) is 0 Å². The molecule has 1 saturated heterocycles. The van der Waals surface area contributed by atoms with Gasteiger partial charge >= 0.3 is 0 Å². The Morgan fingerprint density at radius 3 is 2.75 bits per heavy atom. The van der Waals surface area contributed by atoms with Gasteiger partial charge in [-0.15, -0.1) is 23.5 Å². The first-order valence-electron chi connectivity index (χ1n) is 6.53. The molecule has 3 rings (SSSR count). The molecule has 2 aliphatic carbocycles. The number of ketones is 1. The normalized spacial score (nSPS) is 42.3. The number of hydrogen-bond donors (Lipinski definition) is 0. The monoisotopic (exact) mass is 256 g/mol. The molecular weight excluding hydrogens is 236 g/mol. The second-order valence-electron chi connectivity index (χ2n) is 5.52. The molecule has 3 heteroatoms. The molecule has 3 fully saturated rings. The molecule has 0 unspecified atom stereocenters. The summed E-state index contributed by atoms with van der Waals surface area (Å²) in [6, 6.07) is 0. The van der Waals surface area contributed by atoms with Crippen molar-refractivity contribution < 1.29 is 4.79 Å². The number of carbonyl (C=O) groups is 1. The number of hydrogen-bond acceptors (Lipinski definition) is 3. The van der Waals surface area contributed by atoms with Gasteiger partial charge in [-0.2, -0.15) is 0 Å². The maximum atomic E-state index is 12.0. The Labute approximate surface area is 107 Å². The van der Waals surface area contributed by atoms with Gasteiger partial charge in [0.1, 0.15) is 5.78 Å². The van der Waals surface area contributed by atoms with E-state index in [9.17, 15) is 4.79 Å². The van der Waals surface area contributed by atoms with E-state index in [4.69, 9.17) is 0 Å². The van der Waals surface area contributed by atoms with Crippen LogP contribution in [-0.4, -0.2) is 21.4 Å². The summed E-state index contributed by atoms with van der Waals surface area (Å²) in [4.78, 5) is 12.0. The fourth-order valence-corrected chi connectivity index (χ4v) is 7.58. The summed E-state index contributed by atoms with van der Waals surface area (Å²) >= 11 is 4.36. The van der Waals surface area contributed by atoms with Crippen molar-refractivity contribution in [3.63, 3.8) is 0 Å². The van der Waals surface area contributed by atoms with E-state index in [1.165, 1.54) is 37.2 Å². The molecular formula is C13H20OS2. The molecule has 0 bridgehead atoms. The third-order valence-corrected chi connectivity index (χ3v) is 8.30. The highest BCUT2D eigenvalue weighted by Crippen LogP contribution is 2.60. The molecule has 0 amide bonds. The summed E-state index contributed by atoms with van der Waals surface area (Å²) in [5, 5.41) is 0. The maximum absolute atomic E-state index is 12.0. The number of thioether (sulfide) groups is 2. The molecule has 1 spiro atoms. The predicted octanol–water partition coefficient (Wildman–Crippen LogP) is 3.58. The molecule has 0 radical (unpaired) electrons. The Bertz CT molecular complexity index is 296. The minimum Gasteiger partial charge on any atom is -0.299 e. The molecule has 0 aromatic rings. The van der Waals surface area contributed by atoms with Gasteiger partial charge in [-0.05, 0) is 49.0 Å². The Hall–Kier alpha value is 0.370. The molecule has 1 aliphatic heterocycles. The molecule has 1 nitrogen and oxygen atoms in total. The van der Waals surface area contributed by atoms with E-state index < -0.39 is 0 Å². The van der Waals surface area contributed by atoms with Gasteiger partial charge in [0.2, 0.25) is 0 Å². The Kier molecular flexibility index (Phi) is 3.03. The zero-order chi connectivity index (χ0) is 11.2. The zero-order valence-corrected chi connectivity index (χ0v) is 11.5. The van der Waals surface area contributed by atoms with Gasteiger partial charge < -0.3 is 0 Å². The Morgan fingerprint density at radius 1 is 1.25 bits per heavy atom. The third kappa shape index (κ3) is 1.66. The SMILES string of the molecule is C[C@@H]1CCC2(SCCCS2)[C@H]2CCC(=O)[C@@H]12. The topological polar surface area (TPSA) is 17.1 Å². The highest BCUT2D eigenvalue weighted by Gasteiger charge is 2.54. The fraction of sp³-hybridized carbons (Fsp3) is 0.923. The van der Waals surface area contributed by atoms with Crippen molar-refractivity contribution in [3.05, 3.63) is 0 Å². The standard InChI is InChI=1S/C13H20OS2/c1-9-5-6-13(15-7-2-8-16-13)10-3-4-11(14)12(9)10/h9-10,12H,2-8H2,1H3/t9-,10+,12+/m1/s1. The second kappa shape index (κ2) is 4.24. The van der Waals surface area contributed by atoms with E-state index in [1.807, 2.05) is 0 Å². The minimum absolute atomic E-state index is 0.409. The van der Waals surface area contributed by atoms with Crippen LogP contribution in [0.25, 0.3) is 0 Å². The molecule has 3 aliphatic rings. The van der Waals surface area contributed by atoms with E-state index >= 15 is 0 Å². The number of carbonyl (C=O) groups excluding carboxylic acids is 1. The smallest absolute Gasteiger partial charge is 0.136 e. The fourth-order valence-electron chi connectivity index (χ4n) is 3.82. The van der Waals surface area contributed by atoms with Crippen molar-refractivity contribution in [1.82, 2.24) is 0 Å². The lowest BCUT2D eigenvalue weighted by Gasteiger charge is -2.48. The van der Waals surface area contributed by atoms with Gasteiger partial charge in [-0.25, -0.2) is 0 Å². The van der Waals surface area contributed by atoms with Crippen molar-refractivity contribution >= 4 is 29.3 Å². The second-order valence-corrected chi connectivity index (χ2v) is 8.62. The van der Waals surface area contributed by atoms with E-state index in [0.29, 0.717) is 27.6 Å². The van der Waals surface area contributed by atoms with Crippen LogP contribution in [0.2, 0.25) is 0 Å². The van der Waals surface area contributed by atoms with Gasteiger partial charge in [0.25, 0.3) is 0 Å². The van der Waals surface area contributed by atoms with Crippen LogP contribution in [0.1, 0.15) is 39.0 Å². The van der Waals surface area contributed by atoms with Crippen molar-refractivity contribution in [2.45, 2.75) is 43.1 Å². The molecule has 3 atom stereocenters. The highest BCUT2D eigenvalue weighted by molar-refractivity contribution is 8.18. The van der Waals surface area contributed by atoms with Gasteiger partial charge in [0.15, 0.2) is 0 Å². The third-order valence-electron chi connectivity index (χ3n) is 4.61. The molecule has 2 saturated carbocycles. The van der Waals surface area contributed by atoms with E-state index in [-0.39, 0.29) is 0 Å². The van der Waals surface area contributed by atoms with Crippen LogP contribution in [0.5, 0.6) is 0 Å². The molecule has 0 N–H and O–H groups in total. The molecule has 0 aromatic heterocycles. The van der Waals surface area contributed by atoms with Crippen molar-refractivity contribution in [2.24, 2.45) is 17.8 Å². The number of rotatable bonds is 0.